The highest BCUT2D eigenvalue weighted by Crippen LogP contribution is 2.12. The van der Waals surface area contributed by atoms with Crippen molar-refractivity contribution in [1.29, 1.82) is 0 Å². The van der Waals surface area contributed by atoms with E-state index in [1.807, 2.05) is 6.07 Å². The summed E-state index contributed by atoms with van der Waals surface area (Å²) < 4.78 is 11.0. The molecule has 7 nitrogen and oxygen atoms in total. The second-order valence-electron chi connectivity index (χ2n) is 6.13. The molecule has 0 saturated carbocycles. The molecule has 1 fully saturated rings. The van der Waals surface area contributed by atoms with Gasteiger partial charge >= 0.3 is 0 Å². The molecule has 1 unspecified atom stereocenters. The molecule has 1 amide bonds. The quantitative estimate of drug-likeness (QED) is 0.786. The average molecular weight is 345 g/mol. The first-order valence-corrected chi connectivity index (χ1v) is 8.66. The number of hydrogen-bond acceptors (Lipinski definition) is 5. The van der Waals surface area contributed by atoms with Gasteiger partial charge in [0.25, 0.3) is 5.56 Å². The minimum atomic E-state index is -0.182. The Bertz CT molecular complexity index is 768. The van der Waals surface area contributed by atoms with E-state index in [-0.39, 0.29) is 24.2 Å². The van der Waals surface area contributed by atoms with Crippen LogP contribution < -0.4 is 10.9 Å². The second-order valence-corrected chi connectivity index (χ2v) is 6.13. The zero-order valence-corrected chi connectivity index (χ0v) is 14.1. The van der Waals surface area contributed by atoms with E-state index in [9.17, 15) is 9.59 Å². The molecule has 1 aromatic heterocycles. The lowest BCUT2D eigenvalue weighted by molar-refractivity contribution is -0.127. The fraction of sp³-hybridized carbons (Fsp3) is 0.500. The lowest BCUT2D eigenvalue weighted by atomic mass is 10.1. The predicted molar refractivity (Wildman–Crippen MR) is 93.5 cm³/mol. The number of hydrogen-bond donors (Lipinski definition) is 2. The first-order chi connectivity index (χ1) is 12.2. The number of nitrogens with zero attached hydrogens (tertiary/aromatic N) is 1. The summed E-state index contributed by atoms with van der Waals surface area (Å²) in [6.07, 6.45) is 3.80. The van der Waals surface area contributed by atoms with Gasteiger partial charge in [-0.2, -0.15) is 0 Å². The number of ether oxygens (including phenoxy) is 2. The van der Waals surface area contributed by atoms with Crippen molar-refractivity contribution in [2.45, 2.75) is 31.8 Å². The van der Waals surface area contributed by atoms with Crippen LogP contribution >= 0.6 is 0 Å². The average Bonchev–Trinajstić information content (AvgIpc) is 2.63. The minimum Gasteiger partial charge on any atom is -0.376 e. The van der Waals surface area contributed by atoms with Crippen molar-refractivity contribution >= 4 is 16.8 Å². The molecule has 134 valence electrons. The highest BCUT2D eigenvalue weighted by molar-refractivity contribution is 5.77. The summed E-state index contributed by atoms with van der Waals surface area (Å²) in [5.41, 5.74) is 0.492. The first-order valence-electron chi connectivity index (χ1n) is 8.66. The Kier molecular flexibility index (Phi) is 6.14. The van der Waals surface area contributed by atoms with Crippen molar-refractivity contribution < 1.29 is 14.3 Å². The van der Waals surface area contributed by atoms with Crippen LogP contribution in [0.5, 0.6) is 0 Å². The maximum Gasteiger partial charge on any atom is 0.258 e. The molecule has 0 bridgehead atoms. The largest absolute Gasteiger partial charge is 0.376 e. The van der Waals surface area contributed by atoms with Crippen LogP contribution in [0.25, 0.3) is 10.9 Å². The second kappa shape index (κ2) is 8.73. The molecule has 2 aromatic rings. The Labute approximate surface area is 145 Å². The molecule has 1 aromatic carbocycles. The van der Waals surface area contributed by atoms with E-state index >= 15 is 0 Å². The smallest absolute Gasteiger partial charge is 0.258 e. The van der Waals surface area contributed by atoms with Crippen molar-refractivity contribution in [2.24, 2.45) is 0 Å². The molecule has 0 spiro atoms. The lowest BCUT2D eigenvalue weighted by Gasteiger charge is -2.22. The third kappa shape index (κ3) is 5.11. The number of aromatic amines is 1. The Morgan fingerprint density at radius 1 is 1.36 bits per heavy atom. The standard InChI is InChI=1S/C18H23N3O4/c22-17(12-24-11-13-5-3-4-10-25-13)19-9-8-16-20-15-7-2-1-6-14(15)18(23)21-16/h1-2,6-7,13H,3-5,8-12H2,(H,19,22)(H,20,21,23). The van der Waals surface area contributed by atoms with Crippen molar-refractivity contribution in [3.05, 3.63) is 40.4 Å². The summed E-state index contributed by atoms with van der Waals surface area (Å²) in [5, 5.41) is 3.33. The maximum atomic E-state index is 12.0. The lowest BCUT2D eigenvalue weighted by Crippen LogP contribution is -2.32. The van der Waals surface area contributed by atoms with Crippen LogP contribution in [0.4, 0.5) is 0 Å². The van der Waals surface area contributed by atoms with Gasteiger partial charge in [0, 0.05) is 19.6 Å². The molecule has 1 aliphatic heterocycles. The van der Waals surface area contributed by atoms with E-state index in [4.69, 9.17) is 9.47 Å². The number of nitrogens with one attached hydrogen (secondary N) is 2. The first kappa shape index (κ1) is 17.6. The molecule has 1 atom stereocenters. The van der Waals surface area contributed by atoms with Gasteiger partial charge in [0.2, 0.25) is 5.91 Å². The predicted octanol–water partition coefficient (Wildman–Crippen LogP) is 1.17. The van der Waals surface area contributed by atoms with Crippen molar-refractivity contribution in [3.8, 4) is 0 Å². The molecule has 7 heteroatoms. The summed E-state index contributed by atoms with van der Waals surface area (Å²) in [6.45, 7) is 1.63. The zero-order valence-electron chi connectivity index (χ0n) is 14.1. The Morgan fingerprint density at radius 3 is 3.08 bits per heavy atom. The summed E-state index contributed by atoms with van der Waals surface area (Å²) in [6, 6.07) is 7.18. The number of carbonyl (C=O) groups is 1. The monoisotopic (exact) mass is 345 g/mol. The van der Waals surface area contributed by atoms with Crippen molar-refractivity contribution in [1.82, 2.24) is 15.3 Å². The topological polar surface area (TPSA) is 93.3 Å². The fourth-order valence-electron chi connectivity index (χ4n) is 2.85. The molecule has 2 N–H and O–H groups in total. The summed E-state index contributed by atoms with van der Waals surface area (Å²) >= 11 is 0. The van der Waals surface area contributed by atoms with Crippen LogP contribution in [0, 0.1) is 0 Å². The van der Waals surface area contributed by atoms with E-state index in [1.165, 1.54) is 0 Å². The summed E-state index contributed by atoms with van der Waals surface area (Å²) in [7, 11) is 0. The number of carbonyl (C=O) groups excluding carboxylic acids is 1. The van der Waals surface area contributed by atoms with Gasteiger partial charge in [-0.25, -0.2) is 4.98 Å². The highest BCUT2D eigenvalue weighted by Gasteiger charge is 2.14. The number of rotatable bonds is 7. The fourth-order valence-corrected chi connectivity index (χ4v) is 2.85. The molecule has 2 heterocycles. The highest BCUT2D eigenvalue weighted by atomic mass is 16.5. The van der Waals surface area contributed by atoms with Gasteiger partial charge in [0.05, 0.1) is 23.6 Å². The summed E-state index contributed by atoms with van der Waals surface area (Å²) in [4.78, 5) is 30.9. The molecule has 1 saturated heterocycles. The van der Waals surface area contributed by atoms with Gasteiger partial charge in [0.1, 0.15) is 12.4 Å². The molecular formula is C18H23N3O4. The Balaban J connectivity index is 1.40. The van der Waals surface area contributed by atoms with E-state index < -0.39 is 0 Å². The molecule has 25 heavy (non-hydrogen) atoms. The van der Waals surface area contributed by atoms with Crippen LogP contribution in [-0.2, 0) is 20.7 Å². The van der Waals surface area contributed by atoms with E-state index in [2.05, 4.69) is 15.3 Å². The van der Waals surface area contributed by atoms with Crippen LogP contribution in [0.3, 0.4) is 0 Å². The number of H-pyrrole nitrogens is 1. The van der Waals surface area contributed by atoms with Crippen molar-refractivity contribution in [2.75, 3.05) is 26.4 Å². The normalized spacial score (nSPS) is 17.5. The van der Waals surface area contributed by atoms with Gasteiger partial charge in [-0.1, -0.05) is 12.1 Å². The number of aromatic nitrogens is 2. The number of para-hydroxylation sites is 1. The minimum absolute atomic E-state index is 0.0154. The Morgan fingerprint density at radius 2 is 2.24 bits per heavy atom. The van der Waals surface area contributed by atoms with Crippen LogP contribution in [0.1, 0.15) is 25.1 Å². The van der Waals surface area contributed by atoms with E-state index in [0.717, 1.165) is 25.9 Å². The SMILES string of the molecule is O=C(COCC1CCCCO1)NCCc1nc2ccccc2c(=O)[nH]1. The van der Waals surface area contributed by atoms with Gasteiger partial charge < -0.3 is 19.8 Å². The van der Waals surface area contributed by atoms with Gasteiger partial charge in [-0.15, -0.1) is 0 Å². The van der Waals surface area contributed by atoms with Crippen LogP contribution in [0.15, 0.2) is 29.1 Å². The maximum absolute atomic E-state index is 12.0. The molecule has 1 aliphatic rings. The van der Waals surface area contributed by atoms with Crippen LogP contribution in [-0.4, -0.2) is 48.3 Å². The third-order valence-corrected chi connectivity index (χ3v) is 4.16. The van der Waals surface area contributed by atoms with Crippen molar-refractivity contribution in [3.63, 3.8) is 0 Å². The number of benzene rings is 1. The number of amides is 1. The van der Waals surface area contributed by atoms with Crippen LogP contribution in [0.2, 0.25) is 0 Å². The van der Waals surface area contributed by atoms with E-state index in [0.29, 0.717) is 36.3 Å². The molecule has 3 rings (SSSR count). The molecule has 0 radical (unpaired) electrons. The van der Waals surface area contributed by atoms with Gasteiger partial charge in [-0.3, -0.25) is 9.59 Å². The zero-order chi connectivity index (χ0) is 17.5. The summed E-state index contributed by atoms with van der Waals surface area (Å²) in [5.74, 6) is 0.375. The Hall–Kier alpha value is -2.25. The molecule has 0 aliphatic carbocycles. The van der Waals surface area contributed by atoms with E-state index in [1.54, 1.807) is 18.2 Å². The van der Waals surface area contributed by atoms with Gasteiger partial charge in [-0.05, 0) is 31.4 Å². The van der Waals surface area contributed by atoms with Gasteiger partial charge in [0.15, 0.2) is 0 Å². The number of fused-ring (bicyclic) bond motifs is 1. The molecular weight excluding hydrogens is 322 g/mol. The third-order valence-electron chi connectivity index (χ3n) is 4.16.